The van der Waals surface area contributed by atoms with E-state index >= 15 is 0 Å². The van der Waals surface area contributed by atoms with Crippen LogP contribution < -0.4 is 0 Å². The monoisotopic (exact) mass is 329 g/mol. The summed E-state index contributed by atoms with van der Waals surface area (Å²) in [6.45, 7) is 5.04. The second-order valence-corrected chi connectivity index (χ2v) is 6.83. The molecule has 1 saturated heterocycles. The maximum atomic E-state index is 13.0. The standard InChI is InChI=1S/C19H20ClNO2/c1-19(2)13-23-17(14-8-4-3-5-9-14)12-21(19)18(22)15-10-6-7-11-16(15)20/h3-11,17H,12-13H2,1-2H3. The number of carbonyl (C=O) groups is 1. The maximum absolute atomic E-state index is 13.0. The number of hydrogen-bond donors (Lipinski definition) is 0. The molecule has 1 amide bonds. The molecule has 2 aromatic rings. The minimum absolute atomic E-state index is 0.0511. The third kappa shape index (κ3) is 3.26. The highest BCUT2D eigenvalue weighted by Crippen LogP contribution is 2.32. The van der Waals surface area contributed by atoms with Gasteiger partial charge in [0.1, 0.15) is 6.10 Å². The van der Waals surface area contributed by atoms with Crippen LogP contribution in [0.4, 0.5) is 0 Å². The van der Waals surface area contributed by atoms with Crippen LogP contribution in [0.5, 0.6) is 0 Å². The third-order valence-corrected chi connectivity index (χ3v) is 4.57. The van der Waals surface area contributed by atoms with Gasteiger partial charge < -0.3 is 9.64 Å². The number of benzene rings is 2. The Labute approximate surface area is 141 Å². The van der Waals surface area contributed by atoms with Crippen LogP contribution in [0.2, 0.25) is 5.02 Å². The Hall–Kier alpha value is -1.84. The first-order valence-electron chi connectivity index (χ1n) is 7.72. The molecule has 1 heterocycles. The number of carbonyl (C=O) groups excluding carboxylic acids is 1. The van der Waals surface area contributed by atoms with E-state index in [1.165, 1.54) is 0 Å². The van der Waals surface area contributed by atoms with Gasteiger partial charge in [0.2, 0.25) is 0 Å². The highest BCUT2D eigenvalue weighted by molar-refractivity contribution is 6.33. The van der Waals surface area contributed by atoms with Crippen molar-refractivity contribution in [2.24, 2.45) is 0 Å². The molecule has 1 atom stereocenters. The number of hydrogen-bond acceptors (Lipinski definition) is 2. The minimum atomic E-state index is -0.373. The van der Waals surface area contributed by atoms with Crippen LogP contribution in [0.3, 0.4) is 0 Å². The number of rotatable bonds is 2. The molecule has 0 N–H and O–H groups in total. The largest absolute Gasteiger partial charge is 0.369 e. The molecule has 0 radical (unpaired) electrons. The van der Waals surface area contributed by atoms with Crippen molar-refractivity contribution in [3.63, 3.8) is 0 Å². The number of amides is 1. The summed E-state index contributed by atoms with van der Waals surface area (Å²) in [5, 5.41) is 0.482. The van der Waals surface area contributed by atoms with Gasteiger partial charge in [-0.2, -0.15) is 0 Å². The second-order valence-electron chi connectivity index (χ2n) is 6.42. The topological polar surface area (TPSA) is 29.5 Å². The average Bonchev–Trinajstić information content (AvgIpc) is 2.55. The minimum Gasteiger partial charge on any atom is -0.369 e. The van der Waals surface area contributed by atoms with E-state index in [1.807, 2.05) is 61.2 Å². The fourth-order valence-corrected chi connectivity index (χ4v) is 3.07. The summed E-state index contributed by atoms with van der Waals surface area (Å²) < 4.78 is 6.00. The van der Waals surface area contributed by atoms with Crippen molar-refractivity contribution >= 4 is 17.5 Å². The fourth-order valence-electron chi connectivity index (χ4n) is 2.86. The molecule has 23 heavy (non-hydrogen) atoms. The van der Waals surface area contributed by atoms with Crippen molar-refractivity contribution in [1.82, 2.24) is 4.90 Å². The van der Waals surface area contributed by atoms with Crippen molar-refractivity contribution in [2.75, 3.05) is 13.2 Å². The SMILES string of the molecule is CC1(C)COC(c2ccccc2)CN1C(=O)c1ccccc1Cl. The lowest BCUT2D eigenvalue weighted by molar-refractivity contribution is -0.0846. The van der Waals surface area contributed by atoms with E-state index in [-0.39, 0.29) is 17.6 Å². The molecule has 1 unspecified atom stereocenters. The van der Waals surface area contributed by atoms with Gasteiger partial charge in [0, 0.05) is 0 Å². The van der Waals surface area contributed by atoms with Gasteiger partial charge in [-0.3, -0.25) is 4.79 Å². The van der Waals surface area contributed by atoms with E-state index in [0.29, 0.717) is 23.7 Å². The lowest BCUT2D eigenvalue weighted by Crippen LogP contribution is -2.56. The van der Waals surface area contributed by atoms with Crippen LogP contribution in [-0.4, -0.2) is 29.5 Å². The van der Waals surface area contributed by atoms with Crippen molar-refractivity contribution in [2.45, 2.75) is 25.5 Å². The molecule has 120 valence electrons. The fraction of sp³-hybridized carbons (Fsp3) is 0.316. The van der Waals surface area contributed by atoms with E-state index in [9.17, 15) is 4.79 Å². The Balaban J connectivity index is 1.89. The first-order valence-corrected chi connectivity index (χ1v) is 8.10. The van der Waals surface area contributed by atoms with E-state index in [2.05, 4.69) is 0 Å². The lowest BCUT2D eigenvalue weighted by atomic mass is 9.97. The summed E-state index contributed by atoms with van der Waals surface area (Å²) in [5.74, 6) is -0.0511. The maximum Gasteiger partial charge on any atom is 0.255 e. The van der Waals surface area contributed by atoms with Gasteiger partial charge in [-0.15, -0.1) is 0 Å². The predicted octanol–water partition coefficient (Wildman–Crippen LogP) is 4.33. The van der Waals surface area contributed by atoms with Crippen LogP contribution in [0.25, 0.3) is 0 Å². The number of ether oxygens (including phenoxy) is 1. The smallest absolute Gasteiger partial charge is 0.255 e. The van der Waals surface area contributed by atoms with Gasteiger partial charge in [-0.25, -0.2) is 0 Å². The zero-order valence-electron chi connectivity index (χ0n) is 13.3. The molecule has 2 aromatic carbocycles. The van der Waals surface area contributed by atoms with Crippen LogP contribution >= 0.6 is 11.6 Å². The predicted molar refractivity (Wildman–Crippen MR) is 91.7 cm³/mol. The Bertz CT molecular complexity index is 700. The first kappa shape index (κ1) is 16.0. The van der Waals surface area contributed by atoms with Gasteiger partial charge in [0.15, 0.2) is 0 Å². The van der Waals surface area contributed by atoms with Crippen molar-refractivity contribution in [3.05, 3.63) is 70.7 Å². The zero-order chi connectivity index (χ0) is 16.4. The normalized spacial score (nSPS) is 20.3. The van der Waals surface area contributed by atoms with Crippen molar-refractivity contribution in [1.29, 1.82) is 0 Å². The van der Waals surface area contributed by atoms with Crippen molar-refractivity contribution in [3.8, 4) is 0 Å². The molecule has 1 aliphatic rings. The Morgan fingerprint density at radius 1 is 1.13 bits per heavy atom. The van der Waals surface area contributed by atoms with Gasteiger partial charge in [0.05, 0.1) is 29.3 Å². The van der Waals surface area contributed by atoms with Crippen LogP contribution in [-0.2, 0) is 4.74 Å². The summed E-state index contributed by atoms with van der Waals surface area (Å²) in [6.07, 6.45) is -0.115. The van der Waals surface area contributed by atoms with E-state index in [1.54, 1.807) is 12.1 Å². The number of morpholine rings is 1. The molecule has 4 heteroatoms. The summed E-state index contributed by atoms with van der Waals surface area (Å²) in [7, 11) is 0. The third-order valence-electron chi connectivity index (χ3n) is 4.24. The summed E-state index contributed by atoms with van der Waals surface area (Å²) in [5.41, 5.74) is 1.25. The van der Waals surface area contributed by atoms with Gasteiger partial charge in [0.25, 0.3) is 5.91 Å². The molecular formula is C19H20ClNO2. The molecular weight excluding hydrogens is 310 g/mol. The molecule has 3 nitrogen and oxygen atoms in total. The van der Waals surface area contributed by atoms with Crippen molar-refractivity contribution < 1.29 is 9.53 Å². The van der Waals surface area contributed by atoms with E-state index in [0.717, 1.165) is 5.56 Å². The summed E-state index contributed by atoms with van der Waals surface area (Å²) in [6, 6.07) is 17.2. The highest BCUT2D eigenvalue weighted by Gasteiger charge is 2.39. The van der Waals surface area contributed by atoms with E-state index < -0.39 is 0 Å². The van der Waals surface area contributed by atoms with E-state index in [4.69, 9.17) is 16.3 Å². The molecule has 0 spiro atoms. The zero-order valence-corrected chi connectivity index (χ0v) is 14.1. The summed E-state index contributed by atoms with van der Waals surface area (Å²) in [4.78, 5) is 14.9. The molecule has 3 rings (SSSR count). The quantitative estimate of drug-likeness (QED) is 0.820. The second kappa shape index (κ2) is 6.34. The molecule has 0 bridgehead atoms. The number of nitrogens with zero attached hydrogens (tertiary/aromatic N) is 1. The van der Waals surface area contributed by atoms with Crippen LogP contribution in [0.1, 0.15) is 35.9 Å². The molecule has 0 saturated carbocycles. The Morgan fingerprint density at radius 3 is 2.48 bits per heavy atom. The molecule has 0 aromatic heterocycles. The molecule has 1 fully saturated rings. The van der Waals surface area contributed by atoms with Gasteiger partial charge in [-0.05, 0) is 31.5 Å². The average molecular weight is 330 g/mol. The number of halogens is 1. The molecule has 0 aliphatic carbocycles. The summed E-state index contributed by atoms with van der Waals surface area (Å²) >= 11 is 6.21. The van der Waals surface area contributed by atoms with Gasteiger partial charge >= 0.3 is 0 Å². The molecule has 1 aliphatic heterocycles. The highest BCUT2D eigenvalue weighted by atomic mass is 35.5. The van der Waals surface area contributed by atoms with Gasteiger partial charge in [-0.1, -0.05) is 54.1 Å². The Morgan fingerprint density at radius 2 is 1.78 bits per heavy atom. The first-order chi connectivity index (χ1) is 11.0. The Kier molecular flexibility index (Phi) is 4.42. The van der Waals surface area contributed by atoms with Crippen LogP contribution in [0.15, 0.2) is 54.6 Å². The lowest BCUT2D eigenvalue weighted by Gasteiger charge is -2.45. The van der Waals surface area contributed by atoms with Crippen LogP contribution in [0, 0.1) is 0 Å².